The number of benzene rings is 1. The maximum absolute atomic E-state index is 10.6. The molecule has 1 aromatic carbocycles. The first-order valence-electron chi connectivity index (χ1n) is 10.7. The number of hydrogen-bond donors (Lipinski definition) is 1. The van der Waals surface area contributed by atoms with E-state index in [1.165, 1.54) is 16.7 Å². The van der Waals surface area contributed by atoms with Crippen molar-refractivity contribution >= 4 is 23.0 Å². The van der Waals surface area contributed by atoms with Crippen LogP contribution in [0.2, 0.25) is 0 Å². The number of carbonyl (C=O) groups is 1. The molecule has 6 nitrogen and oxygen atoms in total. The summed E-state index contributed by atoms with van der Waals surface area (Å²) in [5, 5.41) is 16.3. The molecule has 4 aromatic rings. The van der Waals surface area contributed by atoms with Gasteiger partial charge in [0.05, 0.1) is 0 Å². The van der Waals surface area contributed by atoms with E-state index < -0.39 is 12.1 Å². The van der Waals surface area contributed by atoms with Gasteiger partial charge >= 0.3 is 12.1 Å². The molecular formula is C24H23F3N4O2S. The number of halogens is 3. The maximum atomic E-state index is 10.6. The number of aromatic nitrogens is 3. The molecule has 4 heterocycles. The lowest BCUT2D eigenvalue weighted by Crippen LogP contribution is -2.32. The number of nitrogens with zero attached hydrogens (tertiary/aromatic N) is 4. The number of fused-ring (bicyclic) bond motifs is 1. The van der Waals surface area contributed by atoms with E-state index >= 15 is 0 Å². The van der Waals surface area contributed by atoms with E-state index in [9.17, 15) is 13.2 Å². The van der Waals surface area contributed by atoms with Crippen LogP contribution in [0.15, 0.2) is 65.5 Å². The van der Waals surface area contributed by atoms with Crippen LogP contribution in [0.25, 0.3) is 16.8 Å². The highest BCUT2D eigenvalue weighted by molar-refractivity contribution is 7.07. The van der Waals surface area contributed by atoms with Crippen LogP contribution in [0.3, 0.4) is 0 Å². The summed E-state index contributed by atoms with van der Waals surface area (Å²) in [6.07, 6.45) is -0.730. The van der Waals surface area contributed by atoms with Crippen molar-refractivity contribution in [1.29, 1.82) is 0 Å². The number of thiophene rings is 1. The van der Waals surface area contributed by atoms with E-state index in [0.717, 1.165) is 43.9 Å². The fourth-order valence-electron chi connectivity index (χ4n) is 3.86. The molecule has 0 unspecified atom stereocenters. The monoisotopic (exact) mass is 488 g/mol. The quantitative estimate of drug-likeness (QED) is 0.413. The SMILES string of the molecule is O=C(O)C(F)(F)F.c1ccc(-c2ccc3nc(C4CCN(Cc5ccsc5)CC4)nn3c2)cc1. The van der Waals surface area contributed by atoms with Crippen LogP contribution >= 0.6 is 11.3 Å². The van der Waals surface area contributed by atoms with E-state index in [1.807, 2.05) is 10.6 Å². The Labute approximate surface area is 198 Å². The van der Waals surface area contributed by atoms with Gasteiger partial charge in [-0.3, -0.25) is 4.90 Å². The van der Waals surface area contributed by atoms with Crippen molar-refractivity contribution in [3.63, 3.8) is 0 Å². The highest BCUT2D eigenvalue weighted by Crippen LogP contribution is 2.28. The minimum absolute atomic E-state index is 0.462. The van der Waals surface area contributed by atoms with Crippen LogP contribution in [-0.4, -0.2) is 49.8 Å². The molecular weight excluding hydrogens is 465 g/mol. The van der Waals surface area contributed by atoms with Crippen molar-refractivity contribution in [2.24, 2.45) is 0 Å². The van der Waals surface area contributed by atoms with Crippen molar-refractivity contribution < 1.29 is 23.1 Å². The minimum Gasteiger partial charge on any atom is -0.475 e. The van der Waals surface area contributed by atoms with E-state index in [-0.39, 0.29) is 0 Å². The molecule has 10 heteroatoms. The van der Waals surface area contributed by atoms with Gasteiger partial charge in [-0.25, -0.2) is 14.3 Å². The number of carboxylic acid groups (broad SMARTS) is 1. The smallest absolute Gasteiger partial charge is 0.475 e. The van der Waals surface area contributed by atoms with E-state index in [2.05, 4.69) is 64.3 Å². The summed E-state index contributed by atoms with van der Waals surface area (Å²) in [6.45, 7) is 3.30. The molecule has 5 rings (SSSR count). The number of hydrogen-bond acceptors (Lipinski definition) is 5. The summed E-state index contributed by atoms with van der Waals surface area (Å²) < 4.78 is 33.7. The Hall–Kier alpha value is -3.24. The molecule has 1 aliphatic rings. The van der Waals surface area contributed by atoms with Crippen LogP contribution in [0.5, 0.6) is 0 Å². The highest BCUT2D eigenvalue weighted by Gasteiger charge is 2.38. The largest absolute Gasteiger partial charge is 0.490 e. The Morgan fingerprint density at radius 1 is 1.06 bits per heavy atom. The van der Waals surface area contributed by atoms with Gasteiger partial charge < -0.3 is 5.11 Å². The average Bonchev–Trinajstić information content (AvgIpc) is 3.49. The molecule has 0 radical (unpaired) electrons. The molecule has 0 amide bonds. The van der Waals surface area contributed by atoms with Gasteiger partial charge in [-0.2, -0.15) is 29.6 Å². The Balaban J connectivity index is 0.000000344. The molecule has 1 N–H and O–H groups in total. The number of piperidine rings is 1. The summed E-state index contributed by atoms with van der Waals surface area (Å²) in [4.78, 5) is 16.2. The number of rotatable bonds is 4. The summed E-state index contributed by atoms with van der Waals surface area (Å²) in [5.74, 6) is -1.30. The van der Waals surface area contributed by atoms with Crippen molar-refractivity contribution in [3.8, 4) is 11.1 Å². The van der Waals surface area contributed by atoms with Gasteiger partial charge in [0.25, 0.3) is 0 Å². The predicted molar refractivity (Wildman–Crippen MR) is 124 cm³/mol. The molecule has 1 aliphatic heterocycles. The summed E-state index contributed by atoms with van der Waals surface area (Å²) in [7, 11) is 0. The lowest BCUT2D eigenvalue weighted by Gasteiger charge is -2.30. The average molecular weight is 489 g/mol. The number of aliphatic carboxylic acids is 1. The Morgan fingerprint density at radius 2 is 1.76 bits per heavy atom. The molecule has 34 heavy (non-hydrogen) atoms. The molecule has 1 fully saturated rings. The standard InChI is InChI=1S/C22H22N4S.C2HF3O2/c1-2-4-18(5-3-1)20-6-7-21-23-22(24-26(21)15-20)19-8-11-25(12-9-19)14-17-10-13-27-16-17;3-2(4,5)1(6)7/h1-7,10,13,15-16,19H,8-9,11-12,14H2;(H,6,7). The van der Waals surface area contributed by atoms with Gasteiger partial charge in [0, 0.05) is 24.2 Å². The van der Waals surface area contributed by atoms with Gasteiger partial charge in [0.15, 0.2) is 11.5 Å². The predicted octanol–water partition coefficient (Wildman–Crippen LogP) is 5.47. The van der Waals surface area contributed by atoms with Gasteiger partial charge in [0.1, 0.15) is 0 Å². The van der Waals surface area contributed by atoms with Crippen LogP contribution in [0.1, 0.15) is 30.1 Å². The third-order valence-electron chi connectivity index (χ3n) is 5.64. The molecule has 0 bridgehead atoms. The second-order valence-corrected chi connectivity index (χ2v) is 8.82. The topological polar surface area (TPSA) is 70.7 Å². The molecule has 178 valence electrons. The van der Waals surface area contributed by atoms with Crippen molar-refractivity contribution in [2.75, 3.05) is 13.1 Å². The second kappa shape index (κ2) is 10.4. The normalized spacial score (nSPS) is 15.1. The van der Waals surface area contributed by atoms with Gasteiger partial charge in [-0.1, -0.05) is 30.3 Å². The Bertz CT molecular complexity index is 1220. The fraction of sp³-hybridized carbons (Fsp3) is 0.292. The van der Waals surface area contributed by atoms with Gasteiger partial charge in [-0.05, 0) is 66.0 Å². The molecule has 1 saturated heterocycles. The lowest BCUT2D eigenvalue weighted by atomic mass is 9.96. The van der Waals surface area contributed by atoms with E-state index in [4.69, 9.17) is 20.0 Å². The van der Waals surface area contributed by atoms with Gasteiger partial charge in [0.2, 0.25) is 0 Å². The molecule has 0 aliphatic carbocycles. The fourth-order valence-corrected chi connectivity index (χ4v) is 4.52. The van der Waals surface area contributed by atoms with Crippen LogP contribution in [-0.2, 0) is 11.3 Å². The van der Waals surface area contributed by atoms with Crippen LogP contribution in [0.4, 0.5) is 13.2 Å². The van der Waals surface area contributed by atoms with Crippen molar-refractivity contribution in [3.05, 3.63) is 76.9 Å². The lowest BCUT2D eigenvalue weighted by molar-refractivity contribution is -0.192. The number of alkyl halides is 3. The summed E-state index contributed by atoms with van der Waals surface area (Å²) in [5.41, 5.74) is 4.74. The second-order valence-electron chi connectivity index (χ2n) is 8.04. The molecule has 0 saturated carbocycles. The van der Waals surface area contributed by atoms with E-state index in [0.29, 0.717) is 5.92 Å². The third-order valence-corrected chi connectivity index (χ3v) is 6.37. The van der Waals surface area contributed by atoms with Crippen molar-refractivity contribution in [1.82, 2.24) is 19.5 Å². The zero-order valence-corrected chi connectivity index (χ0v) is 19.0. The highest BCUT2D eigenvalue weighted by atomic mass is 32.1. The number of pyridine rings is 1. The summed E-state index contributed by atoms with van der Waals surface area (Å²) in [6, 6.07) is 16.9. The van der Waals surface area contributed by atoms with Crippen molar-refractivity contribution in [2.45, 2.75) is 31.5 Å². The summed E-state index contributed by atoms with van der Waals surface area (Å²) >= 11 is 1.78. The first kappa shape index (κ1) is 23.9. The minimum atomic E-state index is -5.08. The first-order chi connectivity index (χ1) is 16.3. The zero-order chi connectivity index (χ0) is 24.1. The maximum Gasteiger partial charge on any atom is 0.490 e. The number of likely N-dealkylation sites (tertiary alicyclic amines) is 1. The third kappa shape index (κ3) is 6.00. The first-order valence-corrected chi connectivity index (χ1v) is 11.7. The molecule has 0 atom stereocenters. The molecule has 3 aromatic heterocycles. The van der Waals surface area contributed by atoms with Gasteiger partial charge in [-0.15, -0.1) is 0 Å². The van der Waals surface area contributed by atoms with Crippen LogP contribution < -0.4 is 0 Å². The van der Waals surface area contributed by atoms with E-state index in [1.54, 1.807) is 11.3 Å². The zero-order valence-electron chi connectivity index (χ0n) is 18.2. The Morgan fingerprint density at radius 3 is 2.38 bits per heavy atom. The molecule has 0 spiro atoms. The Kier molecular flexibility index (Phi) is 7.28. The number of carboxylic acids is 1. The van der Waals surface area contributed by atoms with Crippen LogP contribution in [0, 0.1) is 0 Å².